The summed E-state index contributed by atoms with van der Waals surface area (Å²) in [6.45, 7) is 4.93. The van der Waals surface area contributed by atoms with E-state index in [1.807, 2.05) is 0 Å². The lowest BCUT2D eigenvalue weighted by Crippen LogP contribution is -2.45. The zero-order chi connectivity index (χ0) is 52.9. The molecule has 0 fully saturated rings. The molecule has 0 radical (unpaired) electrons. The van der Waals surface area contributed by atoms with Crippen molar-refractivity contribution in [2.45, 2.75) is 366 Å². The summed E-state index contributed by atoms with van der Waals surface area (Å²) in [6, 6.07) is -0.550. The number of unbranched alkanes of at least 4 members (excludes halogenated alkanes) is 44. The number of esters is 1. The van der Waals surface area contributed by atoms with Crippen molar-refractivity contribution in [3.8, 4) is 0 Å². The molecular weight excluding hydrogens is 899 g/mol. The van der Waals surface area contributed by atoms with Gasteiger partial charge in [-0.1, -0.05) is 294 Å². The number of rotatable bonds is 61. The third-order valence-corrected chi connectivity index (χ3v) is 15.2. The zero-order valence-corrected chi connectivity index (χ0v) is 49.1. The molecule has 6 heteroatoms. The highest BCUT2D eigenvalue weighted by Crippen LogP contribution is 2.18. The molecular formula is C67H127NO5. The molecule has 0 aromatic carbocycles. The van der Waals surface area contributed by atoms with Crippen LogP contribution in [-0.2, 0) is 14.3 Å². The van der Waals surface area contributed by atoms with Crippen LogP contribution in [-0.4, -0.2) is 47.4 Å². The average Bonchev–Trinajstić information content (AvgIpc) is 3.39. The van der Waals surface area contributed by atoms with Gasteiger partial charge in [0.1, 0.15) is 0 Å². The lowest BCUT2D eigenvalue weighted by molar-refractivity contribution is -0.143. The van der Waals surface area contributed by atoms with Gasteiger partial charge in [-0.25, -0.2) is 0 Å². The number of carbonyl (C=O) groups excluding carboxylic acids is 2. The maximum Gasteiger partial charge on any atom is 0.305 e. The van der Waals surface area contributed by atoms with Crippen molar-refractivity contribution in [2.24, 2.45) is 0 Å². The molecule has 0 rings (SSSR count). The smallest absolute Gasteiger partial charge is 0.305 e. The Labute approximate surface area is 455 Å². The molecule has 1 amide bonds. The minimum Gasteiger partial charge on any atom is -0.466 e. The molecule has 0 aromatic rings. The Balaban J connectivity index is 3.44. The Morgan fingerprint density at radius 1 is 0.384 bits per heavy atom. The first-order chi connectivity index (χ1) is 36.0. The Hall–Kier alpha value is -1.92. The number of amides is 1. The highest BCUT2D eigenvalue weighted by atomic mass is 16.5. The number of ether oxygens (including phenoxy) is 1. The van der Waals surface area contributed by atoms with E-state index in [0.29, 0.717) is 25.9 Å². The first-order valence-electron chi connectivity index (χ1n) is 32.7. The summed E-state index contributed by atoms with van der Waals surface area (Å²) in [4.78, 5) is 24.6. The summed E-state index contributed by atoms with van der Waals surface area (Å²) in [5, 5.41) is 23.4. The van der Waals surface area contributed by atoms with E-state index < -0.39 is 12.1 Å². The van der Waals surface area contributed by atoms with Gasteiger partial charge in [-0.3, -0.25) is 9.59 Å². The summed E-state index contributed by atoms with van der Waals surface area (Å²) < 4.78 is 5.47. The summed E-state index contributed by atoms with van der Waals surface area (Å²) in [5.74, 6) is -0.0482. The fraction of sp³-hybridized carbons (Fsp3) is 0.881. The van der Waals surface area contributed by atoms with Gasteiger partial charge < -0.3 is 20.3 Å². The Bertz CT molecular complexity index is 1180. The van der Waals surface area contributed by atoms with Gasteiger partial charge in [-0.15, -0.1) is 0 Å². The molecule has 73 heavy (non-hydrogen) atoms. The Morgan fingerprint density at radius 3 is 1.08 bits per heavy atom. The fourth-order valence-corrected chi connectivity index (χ4v) is 10.1. The lowest BCUT2D eigenvalue weighted by Gasteiger charge is -2.22. The summed E-state index contributed by atoms with van der Waals surface area (Å²) in [6.07, 6.45) is 78.7. The molecule has 0 bridgehead atoms. The van der Waals surface area contributed by atoms with Crippen LogP contribution in [0.4, 0.5) is 0 Å². The molecule has 0 saturated carbocycles. The largest absolute Gasteiger partial charge is 0.466 e. The van der Waals surface area contributed by atoms with Crippen LogP contribution in [0.15, 0.2) is 36.5 Å². The van der Waals surface area contributed by atoms with Crippen molar-refractivity contribution in [3.05, 3.63) is 36.5 Å². The van der Waals surface area contributed by atoms with Crippen LogP contribution in [0, 0.1) is 0 Å². The van der Waals surface area contributed by atoms with Gasteiger partial charge in [0.15, 0.2) is 0 Å². The molecule has 0 spiro atoms. The Morgan fingerprint density at radius 2 is 0.685 bits per heavy atom. The molecule has 6 nitrogen and oxygen atoms in total. The first-order valence-corrected chi connectivity index (χ1v) is 32.7. The van der Waals surface area contributed by atoms with E-state index in [-0.39, 0.29) is 18.5 Å². The third kappa shape index (κ3) is 59.2. The molecule has 0 heterocycles. The summed E-state index contributed by atoms with van der Waals surface area (Å²) >= 11 is 0. The van der Waals surface area contributed by atoms with E-state index in [0.717, 1.165) is 51.4 Å². The predicted molar refractivity (Wildman–Crippen MR) is 319 cm³/mol. The fourth-order valence-electron chi connectivity index (χ4n) is 10.1. The number of aliphatic hydroxyl groups is 2. The molecule has 0 aliphatic heterocycles. The van der Waals surface area contributed by atoms with Crippen LogP contribution in [0.3, 0.4) is 0 Å². The third-order valence-electron chi connectivity index (χ3n) is 15.2. The van der Waals surface area contributed by atoms with Crippen LogP contribution in [0.5, 0.6) is 0 Å². The van der Waals surface area contributed by atoms with Gasteiger partial charge in [0.25, 0.3) is 0 Å². The highest BCUT2D eigenvalue weighted by Gasteiger charge is 2.20. The maximum atomic E-state index is 12.5. The van der Waals surface area contributed by atoms with Crippen LogP contribution < -0.4 is 5.32 Å². The molecule has 2 unspecified atom stereocenters. The van der Waals surface area contributed by atoms with Crippen molar-refractivity contribution < 1.29 is 24.5 Å². The quantitative estimate of drug-likeness (QED) is 0.0320. The molecule has 0 saturated heterocycles. The van der Waals surface area contributed by atoms with Gasteiger partial charge in [0, 0.05) is 12.8 Å². The monoisotopic (exact) mass is 1030 g/mol. The van der Waals surface area contributed by atoms with E-state index in [1.165, 1.54) is 270 Å². The number of hydrogen-bond acceptors (Lipinski definition) is 5. The first kappa shape index (κ1) is 71.1. The molecule has 0 aliphatic carbocycles. The van der Waals surface area contributed by atoms with Gasteiger partial charge in [-0.05, 0) is 83.5 Å². The number of carbonyl (C=O) groups is 2. The summed E-state index contributed by atoms with van der Waals surface area (Å²) in [5.41, 5.74) is 0. The standard InChI is InChI=1S/C67H127NO5/c1-3-5-7-9-11-13-15-17-19-20-21-22-25-28-32-35-39-43-47-51-55-59-65(70)64(63-69)68-66(71)60-56-52-48-44-40-36-33-29-26-23-24-27-30-34-38-42-46-50-54-58-62-73-67(72)61-57-53-49-45-41-37-31-18-16-14-12-10-8-6-4-2/h12,14,18,23,26,31,64-65,69-70H,3-11,13,15-17,19-22,24-25,27-30,32-63H2,1-2H3,(H,68,71)/b14-12-,26-23-,31-18-. The van der Waals surface area contributed by atoms with Gasteiger partial charge in [0.05, 0.1) is 25.4 Å². The van der Waals surface area contributed by atoms with Crippen molar-refractivity contribution in [1.29, 1.82) is 0 Å². The second kappa shape index (κ2) is 62.6. The van der Waals surface area contributed by atoms with Crippen molar-refractivity contribution in [1.82, 2.24) is 5.32 Å². The number of hydrogen-bond donors (Lipinski definition) is 3. The van der Waals surface area contributed by atoms with E-state index in [9.17, 15) is 19.8 Å². The van der Waals surface area contributed by atoms with Crippen LogP contribution in [0.25, 0.3) is 0 Å². The van der Waals surface area contributed by atoms with E-state index in [4.69, 9.17) is 4.74 Å². The highest BCUT2D eigenvalue weighted by molar-refractivity contribution is 5.76. The second-order valence-electron chi connectivity index (χ2n) is 22.4. The SMILES string of the molecule is CCCCC/C=C\C/C=C\CCCCCCCC(=O)OCCCCCCCCCCC/C=C\CCCCCCCCCC(=O)NC(CO)C(O)CCCCCCCCCCCCCCCCCCCCCCC. The molecule has 0 aromatic heterocycles. The van der Waals surface area contributed by atoms with Crippen LogP contribution in [0.2, 0.25) is 0 Å². The minimum absolute atomic E-state index is 0.00733. The Kier molecular flexibility index (Phi) is 61.0. The summed E-state index contributed by atoms with van der Waals surface area (Å²) in [7, 11) is 0. The van der Waals surface area contributed by atoms with E-state index >= 15 is 0 Å². The minimum atomic E-state index is -0.672. The second-order valence-corrected chi connectivity index (χ2v) is 22.4. The number of aliphatic hydroxyl groups excluding tert-OH is 2. The van der Waals surface area contributed by atoms with Crippen molar-refractivity contribution in [2.75, 3.05) is 13.2 Å². The molecule has 3 N–H and O–H groups in total. The lowest BCUT2D eigenvalue weighted by atomic mass is 10.0. The van der Waals surface area contributed by atoms with Gasteiger partial charge in [0.2, 0.25) is 5.91 Å². The average molecular weight is 1030 g/mol. The number of nitrogens with one attached hydrogen (secondary N) is 1. The van der Waals surface area contributed by atoms with E-state index in [2.05, 4.69) is 55.6 Å². The van der Waals surface area contributed by atoms with Gasteiger partial charge >= 0.3 is 5.97 Å². The predicted octanol–water partition coefficient (Wildman–Crippen LogP) is 20.8. The zero-order valence-electron chi connectivity index (χ0n) is 49.1. The van der Waals surface area contributed by atoms with Crippen LogP contribution in [0.1, 0.15) is 354 Å². The van der Waals surface area contributed by atoms with E-state index in [1.54, 1.807) is 0 Å². The van der Waals surface area contributed by atoms with Crippen molar-refractivity contribution in [3.63, 3.8) is 0 Å². The topological polar surface area (TPSA) is 95.9 Å². The van der Waals surface area contributed by atoms with Crippen LogP contribution >= 0.6 is 0 Å². The molecule has 2 atom stereocenters. The molecule has 430 valence electrons. The molecule has 0 aliphatic rings. The van der Waals surface area contributed by atoms with Gasteiger partial charge in [-0.2, -0.15) is 0 Å². The maximum absolute atomic E-state index is 12.5. The normalized spacial score (nSPS) is 12.8. The number of allylic oxidation sites excluding steroid dienone is 6. The van der Waals surface area contributed by atoms with Crippen molar-refractivity contribution >= 4 is 11.9 Å².